The highest BCUT2D eigenvalue weighted by atomic mass is 19.4. The van der Waals surface area contributed by atoms with Crippen LogP contribution in [0.15, 0.2) is 73.3 Å². The number of nitrogens with one attached hydrogen (secondary N) is 1. The molecule has 0 spiro atoms. The number of anilines is 1. The fourth-order valence-electron chi connectivity index (χ4n) is 3.15. The van der Waals surface area contributed by atoms with Crippen molar-refractivity contribution < 1.29 is 22.0 Å². The van der Waals surface area contributed by atoms with Crippen LogP contribution in [0, 0.1) is 11.6 Å². The zero-order chi connectivity index (χ0) is 23.5. The first-order valence-electron chi connectivity index (χ1n) is 9.81. The van der Waals surface area contributed by atoms with Gasteiger partial charge in [0.15, 0.2) is 11.6 Å². The van der Waals surface area contributed by atoms with Crippen LogP contribution in [0.25, 0.3) is 22.4 Å². The molecule has 0 amide bonds. The molecular formula is C24H20F5N3. The molecule has 0 fully saturated rings. The average molecular weight is 445 g/mol. The highest BCUT2D eigenvalue weighted by Gasteiger charge is 2.38. The van der Waals surface area contributed by atoms with E-state index >= 15 is 0 Å². The van der Waals surface area contributed by atoms with Crippen molar-refractivity contribution >= 4 is 22.4 Å². The summed E-state index contributed by atoms with van der Waals surface area (Å²) in [6, 6.07) is 16.0. The lowest BCUT2D eigenvalue weighted by Gasteiger charge is -2.14. The van der Waals surface area contributed by atoms with Crippen LogP contribution >= 0.6 is 0 Å². The fraction of sp³-hybridized carbons (Fsp3) is 0.125. The first-order valence-corrected chi connectivity index (χ1v) is 9.81. The molecule has 4 rings (SSSR count). The normalized spacial score (nSPS) is 11.1. The van der Waals surface area contributed by atoms with Gasteiger partial charge in [0.2, 0.25) is 5.82 Å². The van der Waals surface area contributed by atoms with E-state index in [9.17, 15) is 22.0 Å². The molecule has 0 atom stereocenters. The number of rotatable bonds is 4. The van der Waals surface area contributed by atoms with Crippen molar-refractivity contribution in [1.82, 2.24) is 9.55 Å². The van der Waals surface area contributed by atoms with Crippen molar-refractivity contribution in [1.29, 1.82) is 0 Å². The number of hydrogen-bond acceptors (Lipinski definition) is 2. The first-order chi connectivity index (χ1) is 15.3. The summed E-state index contributed by atoms with van der Waals surface area (Å²) in [5, 5.41) is 2.83. The lowest BCUT2D eigenvalue weighted by atomic mass is 10.1. The van der Waals surface area contributed by atoms with E-state index in [1.807, 2.05) is 13.8 Å². The molecule has 3 aromatic carbocycles. The molecule has 0 saturated carbocycles. The Hall–Kier alpha value is -3.68. The van der Waals surface area contributed by atoms with E-state index in [2.05, 4.69) is 16.9 Å². The molecular weight excluding hydrogens is 425 g/mol. The van der Waals surface area contributed by atoms with Gasteiger partial charge in [-0.2, -0.15) is 13.2 Å². The van der Waals surface area contributed by atoms with Crippen LogP contribution in [0.2, 0.25) is 0 Å². The van der Waals surface area contributed by atoms with Crippen LogP contribution in [-0.2, 0) is 6.18 Å². The Morgan fingerprint density at radius 3 is 2.22 bits per heavy atom. The van der Waals surface area contributed by atoms with E-state index in [4.69, 9.17) is 0 Å². The second-order valence-corrected chi connectivity index (χ2v) is 6.51. The van der Waals surface area contributed by atoms with Crippen LogP contribution in [0.1, 0.15) is 25.2 Å². The van der Waals surface area contributed by atoms with Crippen molar-refractivity contribution in [3.63, 3.8) is 0 Å². The lowest BCUT2D eigenvalue weighted by molar-refractivity contribution is -0.145. The van der Waals surface area contributed by atoms with Crippen molar-refractivity contribution in [2.45, 2.75) is 20.0 Å². The summed E-state index contributed by atoms with van der Waals surface area (Å²) < 4.78 is 68.9. The Morgan fingerprint density at radius 1 is 0.906 bits per heavy atom. The summed E-state index contributed by atoms with van der Waals surface area (Å²) in [6.07, 6.45) is -4.64. The summed E-state index contributed by atoms with van der Waals surface area (Å²) in [5.41, 5.74) is 1.32. The highest BCUT2D eigenvalue weighted by molar-refractivity contribution is 5.79. The third-order valence-electron chi connectivity index (χ3n) is 4.51. The van der Waals surface area contributed by atoms with Gasteiger partial charge >= 0.3 is 6.18 Å². The van der Waals surface area contributed by atoms with Crippen molar-refractivity contribution in [3.05, 3.63) is 96.3 Å². The number of para-hydroxylation sites is 2. The number of fused-ring (bicyclic) bond motifs is 1. The SMILES string of the molecule is C=C(Nc1ccc(-n2c(C(F)(F)F)nc3ccccc32)cc1)c1cccc(F)c1F.CC. The Balaban J connectivity index is 0.00000141. The van der Waals surface area contributed by atoms with Gasteiger partial charge in [0.25, 0.3) is 0 Å². The van der Waals surface area contributed by atoms with E-state index in [0.29, 0.717) is 11.2 Å². The minimum Gasteiger partial charge on any atom is -0.355 e. The summed E-state index contributed by atoms with van der Waals surface area (Å²) in [7, 11) is 0. The number of halogens is 5. The number of nitrogens with zero attached hydrogens (tertiary/aromatic N) is 2. The predicted molar refractivity (Wildman–Crippen MR) is 116 cm³/mol. The second-order valence-electron chi connectivity index (χ2n) is 6.51. The molecule has 3 nitrogen and oxygen atoms in total. The van der Waals surface area contributed by atoms with E-state index in [1.54, 1.807) is 18.2 Å². The monoisotopic (exact) mass is 445 g/mol. The van der Waals surface area contributed by atoms with Crippen LogP contribution in [-0.4, -0.2) is 9.55 Å². The van der Waals surface area contributed by atoms with E-state index in [1.165, 1.54) is 42.5 Å². The molecule has 0 saturated heterocycles. The highest BCUT2D eigenvalue weighted by Crippen LogP contribution is 2.34. The molecule has 0 aliphatic rings. The molecule has 0 aliphatic carbocycles. The molecule has 0 bridgehead atoms. The molecule has 0 aliphatic heterocycles. The topological polar surface area (TPSA) is 29.9 Å². The first kappa shape index (κ1) is 23.0. The number of alkyl halides is 3. The Bertz CT molecular complexity index is 1240. The van der Waals surface area contributed by atoms with E-state index in [-0.39, 0.29) is 22.5 Å². The molecule has 0 unspecified atom stereocenters. The van der Waals surface area contributed by atoms with Crippen LogP contribution in [0.5, 0.6) is 0 Å². The van der Waals surface area contributed by atoms with Gasteiger partial charge in [-0.05, 0) is 48.5 Å². The van der Waals surface area contributed by atoms with Gasteiger partial charge in [0, 0.05) is 22.6 Å². The lowest BCUT2D eigenvalue weighted by Crippen LogP contribution is -2.13. The summed E-state index contributed by atoms with van der Waals surface area (Å²) >= 11 is 0. The van der Waals surface area contributed by atoms with Gasteiger partial charge in [-0.15, -0.1) is 0 Å². The number of aromatic nitrogens is 2. The smallest absolute Gasteiger partial charge is 0.355 e. The van der Waals surface area contributed by atoms with Gasteiger partial charge in [0.05, 0.1) is 11.0 Å². The molecule has 32 heavy (non-hydrogen) atoms. The van der Waals surface area contributed by atoms with Crippen LogP contribution in [0.4, 0.5) is 27.6 Å². The summed E-state index contributed by atoms with van der Waals surface area (Å²) in [4.78, 5) is 3.72. The van der Waals surface area contributed by atoms with Gasteiger partial charge in [0.1, 0.15) is 0 Å². The summed E-state index contributed by atoms with van der Waals surface area (Å²) in [6.45, 7) is 7.70. The van der Waals surface area contributed by atoms with Gasteiger partial charge < -0.3 is 5.32 Å². The molecule has 0 radical (unpaired) electrons. The minimum atomic E-state index is -4.64. The molecule has 4 aromatic rings. The number of imidazole rings is 1. The third-order valence-corrected chi connectivity index (χ3v) is 4.51. The zero-order valence-electron chi connectivity index (χ0n) is 17.3. The zero-order valence-corrected chi connectivity index (χ0v) is 17.3. The molecule has 1 heterocycles. The number of hydrogen-bond donors (Lipinski definition) is 1. The van der Waals surface area contributed by atoms with E-state index < -0.39 is 23.6 Å². The maximum Gasteiger partial charge on any atom is 0.450 e. The van der Waals surface area contributed by atoms with Crippen LogP contribution < -0.4 is 5.32 Å². The third kappa shape index (κ3) is 4.49. The van der Waals surface area contributed by atoms with Crippen LogP contribution in [0.3, 0.4) is 0 Å². The van der Waals surface area contributed by atoms with Gasteiger partial charge in [-0.1, -0.05) is 38.6 Å². The Kier molecular flexibility index (Phi) is 6.62. The predicted octanol–water partition coefficient (Wildman–Crippen LogP) is 7.43. The second kappa shape index (κ2) is 9.21. The fourth-order valence-corrected chi connectivity index (χ4v) is 3.15. The largest absolute Gasteiger partial charge is 0.450 e. The summed E-state index contributed by atoms with van der Waals surface area (Å²) in [5.74, 6) is -3.07. The molecule has 1 N–H and O–H groups in total. The van der Waals surface area contributed by atoms with Crippen molar-refractivity contribution in [2.24, 2.45) is 0 Å². The Labute approximate surface area is 181 Å². The van der Waals surface area contributed by atoms with Gasteiger partial charge in [-0.25, -0.2) is 13.8 Å². The molecule has 166 valence electrons. The van der Waals surface area contributed by atoms with Crippen molar-refractivity contribution in [2.75, 3.05) is 5.32 Å². The van der Waals surface area contributed by atoms with Gasteiger partial charge in [-0.3, -0.25) is 4.57 Å². The average Bonchev–Trinajstić information content (AvgIpc) is 3.18. The maximum absolute atomic E-state index is 13.9. The quantitative estimate of drug-likeness (QED) is 0.331. The standard InChI is InChI=1S/C22H14F5N3.C2H6/c1-13(16-5-4-6-17(23)20(16)24)28-14-9-11-15(12-10-14)30-19-8-3-2-7-18(19)29-21(30)22(25,26)27;1-2/h2-12,28H,1H2;1-2H3. The molecule has 1 aromatic heterocycles. The van der Waals surface area contributed by atoms with Crippen molar-refractivity contribution in [3.8, 4) is 5.69 Å². The minimum absolute atomic E-state index is 0.0426. The Morgan fingerprint density at radius 2 is 1.56 bits per heavy atom. The molecule has 8 heteroatoms. The van der Waals surface area contributed by atoms with E-state index in [0.717, 1.165) is 10.6 Å². The maximum atomic E-state index is 13.9. The number of benzene rings is 3.